The summed E-state index contributed by atoms with van der Waals surface area (Å²) in [6.45, 7) is 5.84. The molecule has 1 N–H and O–H groups in total. The lowest BCUT2D eigenvalue weighted by Gasteiger charge is -2.35. The van der Waals surface area contributed by atoms with E-state index in [1.54, 1.807) is 12.1 Å². The second-order valence-corrected chi connectivity index (χ2v) is 10.5. The Morgan fingerprint density at radius 3 is 2.35 bits per heavy atom. The van der Waals surface area contributed by atoms with Crippen LogP contribution >= 0.6 is 11.3 Å². The Kier molecular flexibility index (Phi) is 6.08. The van der Waals surface area contributed by atoms with Crippen LogP contribution in [0.25, 0.3) is 0 Å². The van der Waals surface area contributed by atoms with Gasteiger partial charge in [-0.3, -0.25) is 10.1 Å². The zero-order valence-electron chi connectivity index (χ0n) is 17.4. The van der Waals surface area contributed by atoms with Crippen molar-refractivity contribution in [3.63, 3.8) is 0 Å². The maximum Gasteiger partial charge on any atom is 0.257 e. The predicted octanol–water partition coefficient (Wildman–Crippen LogP) is 3.52. The van der Waals surface area contributed by atoms with Crippen molar-refractivity contribution in [2.75, 3.05) is 36.4 Å². The molecule has 1 fully saturated rings. The van der Waals surface area contributed by atoms with E-state index < -0.39 is 10.0 Å². The number of carbonyl (C=O) groups is 1. The van der Waals surface area contributed by atoms with Gasteiger partial charge in [-0.25, -0.2) is 13.4 Å². The normalized spacial score (nSPS) is 15.1. The lowest BCUT2D eigenvalue weighted by Crippen LogP contribution is -2.48. The van der Waals surface area contributed by atoms with Gasteiger partial charge in [0.2, 0.25) is 10.0 Å². The molecule has 1 aliphatic rings. The molecule has 3 aromatic rings. The number of hydrogen-bond acceptors (Lipinski definition) is 6. The molecule has 0 bridgehead atoms. The molecule has 1 amide bonds. The smallest absolute Gasteiger partial charge is 0.257 e. The number of hydrogen-bond donors (Lipinski definition) is 1. The van der Waals surface area contributed by atoms with Gasteiger partial charge in [0.05, 0.1) is 10.6 Å². The number of thiazole rings is 1. The van der Waals surface area contributed by atoms with E-state index in [4.69, 9.17) is 0 Å². The quantitative estimate of drug-likeness (QED) is 0.635. The van der Waals surface area contributed by atoms with Gasteiger partial charge in [-0.2, -0.15) is 4.31 Å². The summed E-state index contributed by atoms with van der Waals surface area (Å²) in [6, 6.07) is 16.1. The van der Waals surface area contributed by atoms with Crippen LogP contribution in [0.4, 0.5) is 10.8 Å². The van der Waals surface area contributed by atoms with E-state index in [0.29, 0.717) is 31.3 Å². The van der Waals surface area contributed by atoms with Gasteiger partial charge in [-0.15, -0.1) is 11.3 Å². The van der Waals surface area contributed by atoms with Gasteiger partial charge in [0.15, 0.2) is 5.13 Å². The number of nitrogens with one attached hydrogen (secondary N) is 1. The molecule has 4 rings (SSSR count). The van der Waals surface area contributed by atoms with E-state index in [2.05, 4.69) is 15.2 Å². The fourth-order valence-corrected chi connectivity index (χ4v) is 5.75. The van der Waals surface area contributed by atoms with E-state index >= 15 is 0 Å². The minimum Gasteiger partial charge on any atom is -0.369 e. The van der Waals surface area contributed by atoms with Gasteiger partial charge in [-0.05, 0) is 44.2 Å². The molecule has 0 spiro atoms. The predicted molar refractivity (Wildman–Crippen MR) is 123 cm³/mol. The molecule has 0 radical (unpaired) electrons. The monoisotopic (exact) mass is 456 g/mol. The van der Waals surface area contributed by atoms with Gasteiger partial charge in [0.1, 0.15) is 0 Å². The highest BCUT2D eigenvalue weighted by Gasteiger charge is 2.29. The average molecular weight is 457 g/mol. The summed E-state index contributed by atoms with van der Waals surface area (Å²) in [6.07, 6.45) is 0. The van der Waals surface area contributed by atoms with Crippen molar-refractivity contribution in [3.05, 3.63) is 70.7 Å². The van der Waals surface area contributed by atoms with E-state index in [1.807, 2.05) is 44.2 Å². The molecular formula is C22H24N4O3S2. The van der Waals surface area contributed by atoms with Crippen molar-refractivity contribution in [1.29, 1.82) is 0 Å². The molecule has 2 heterocycles. The van der Waals surface area contributed by atoms with Crippen LogP contribution in [-0.4, -0.2) is 49.8 Å². The first kappa shape index (κ1) is 21.5. The SMILES string of the molecule is Cc1nc(NC(=O)c2cccc(S(=O)(=O)N3CCN(c4ccccc4)CC3)c2)sc1C. The molecule has 0 atom stereocenters. The lowest BCUT2D eigenvalue weighted by molar-refractivity contribution is 0.102. The maximum absolute atomic E-state index is 13.2. The summed E-state index contributed by atoms with van der Waals surface area (Å²) < 4.78 is 27.8. The van der Waals surface area contributed by atoms with Crippen LogP contribution in [0.1, 0.15) is 20.9 Å². The number of amides is 1. The van der Waals surface area contributed by atoms with Crippen molar-refractivity contribution in [2.24, 2.45) is 0 Å². The highest BCUT2D eigenvalue weighted by molar-refractivity contribution is 7.89. The lowest BCUT2D eigenvalue weighted by atomic mass is 10.2. The summed E-state index contributed by atoms with van der Waals surface area (Å²) >= 11 is 1.39. The molecule has 7 nitrogen and oxygen atoms in total. The topological polar surface area (TPSA) is 82.6 Å². The highest BCUT2D eigenvalue weighted by atomic mass is 32.2. The minimum absolute atomic E-state index is 0.125. The number of rotatable bonds is 5. The standard InChI is InChI=1S/C22H24N4O3S2/c1-16-17(2)30-22(23-16)24-21(27)18-7-6-10-20(15-18)31(28,29)26-13-11-25(12-14-26)19-8-4-3-5-9-19/h3-10,15H,11-14H2,1-2H3,(H,23,24,27). The second kappa shape index (κ2) is 8.78. The van der Waals surface area contributed by atoms with Gasteiger partial charge in [0.25, 0.3) is 5.91 Å². The van der Waals surface area contributed by atoms with Gasteiger partial charge in [0, 0.05) is 42.3 Å². The van der Waals surface area contributed by atoms with Crippen LogP contribution in [0.2, 0.25) is 0 Å². The minimum atomic E-state index is -3.69. The molecule has 2 aromatic carbocycles. The Labute approximate surface area is 186 Å². The average Bonchev–Trinajstić information content (AvgIpc) is 3.11. The maximum atomic E-state index is 13.2. The van der Waals surface area contributed by atoms with Crippen LogP contribution in [0.3, 0.4) is 0 Å². The third-order valence-electron chi connectivity index (χ3n) is 5.34. The molecule has 1 saturated heterocycles. The molecule has 1 aliphatic heterocycles. The number of sulfonamides is 1. The first-order chi connectivity index (χ1) is 14.8. The van der Waals surface area contributed by atoms with Crippen molar-refractivity contribution in [3.8, 4) is 0 Å². The first-order valence-corrected chi connectivity index (χ1v) is 12.3. The Balaban J connectivity index is 1.47. The van der Waals surface area contributed by atoms with E-state index in [1.165, 1.54) is 27.8 Å². The number of anilines is 2. The molecule has 0 aliphatic carbocycles. The Bertz CT molecular complexity index is 1160. The second-order valence-electron chi connectivity index (χ2n) is 7.37. The highest BCUT2D eigenvalue weighted by Crippen LogP contribution is 2.24. The molecule has 31 heavy (non-hydrogen) atoms. The third kappa shape index (κ3) is 4.63. The zero-order chi connectivity index (χ0) is 22.0. The van der Waals surface area contributed by atoms with E-state index in [0.717, 1.165) is 16.3 Å². The molecule has 1 aromatic heterocycles. The summed E-state index contributed by atoms with van der Waals surface area (Å²) in [7, 11) is -3.69. The number of para-hydroxylation sites is 1. The Morgan fingerprint density at radius 2 is 1.71 bits per heavy atom. The van der Waals surface area contributed by atoms with Gasteiger partial charge >= 0.3 is 0 Å². The summed E-state index contributed by atoms with van der Waals surface area (Å²) in [5.41, 5.74) is 2.24. The van der Waals surface area contributed by atoms with Crippen molar-refractivity contribution in [1.82, 2.24) is 9.29 Å². The number of nitrogens with zero attached hydrogens (tertiary/aromatic N) is 3. The summed E-state index contributed by atoms with van der Waals surface area (Å²) in [4.78, 5) is 20.3. The largest absolute Gasteiger partial charge is 0.369 e. The number of aryl methyl sites for hydroxylation is 2. The fraction of sp³-hybridized carbons (Fsp3) is 0.273. The Hall–Kier alpha value is -2.75. The van der Waals surface area contributed by atoms with Crippen molar-refractivity contribution >= 4 is 38.1 Å². The number of carbonyl (C=O) groups excluding carboxylic acids is 1. The molecule has 9 heteroatoms. The number of piperazine rings is 1. The van der Waals surface area contributed by atoms with Crippen molar-refractivity contribution < 1.29 is 13.2 Å². The number of aromatic nitrogens is 1. The van der Waals surface area contributed by atoms with Crippen molar-refractivity contribution in [2.45, 2.75) is 18.7 Å². The Morgan fingerprint density at radius 1 is 1.00 bits per heavy atom. The molecule has 162 valence electrons. The van der Waals surface area contributed by atoms with Crippen LogP contribution in [0, 0.1) is 13.8 Å². The van der Waals surface area contributed by atoms with Crippen LogP contribution in [0.5, 0.6) is 0 Å². The van der Waals surface area contributed by atoms with Crippen LogP contribution < -0.4 is 10.2 Å². The zero-order valence-corrected chi connectivity index (χ0v) is 19.0. The molecule has 0 unspecified atom stereocenters. The van der Waals surface area contributed by atoms with E-state index in [-0.39, 0.29) is 16.4 Å². The molecular weight excluding hydrogens is 432 g/mol. The van der Waals surface area contributed by atoms with Crippen LogP contribution in [0.15, 0.2) is 59.5 Å². The van der Waals surface area contributed by atoms with E-state index in [9.17, 15) is 13.2 Å². The van der Waals surface area contributed by atoms with Gasteiger partial charge in [-0.1, -0.05) is 24.3 Å². The molecule has 0 saturated carbocycles. The first-order valence-electron chi connectivity index (χ1n) is 10.0. The number of benzene rings is 2. The fourth-order valence-electron chi connectivity index (χ4n) is 3.47. The summed E-state index contributed by atoms with van der Waals surface area (Å²) in [5, 5.41) is 3.26. The third-order valence-corrected chi connectivity index (χ3v) is 8.23. The van der Waals surface area contributed by atoms with Crippen LogP contribution in [-0.2, 0) is 10.0 Å². The summed E-state index contributed by atoms with van der Waals surface area (Å²) in [5.74, 6) is -0.375. The van der Waals surface area contributed by atoms with Gasteiger partial charge < -0.3 is 4.90 Å².